The molecule has 0 amide bonds. The standard InChI is InChI=1S/C6H10N6O2S2/c7-5(8)12-6-11-4(2-15-6)1-9-3-10-16(13)14/h2-3,16H,1H2,(H4,7,8,11,12)(H,9,10,13,14). The number of guanidine groups is 1. The van der Waals surface area contributed by atoms with Gasteiger partial charge in [0, 0.05) is 5.38 Å². The van der Waals surface area contributed by atoms with Gasteiger partial charge in [-0.05, 0) is 0 Å². The average molecular weight is 262 g/mol. The van der Waals surface area contributed by atoms with Crippen LogP contribution in [-0.2, 0) is 17.4 Å². The Bertz CT molecular complexity index is 465. The normalized spacial score (nSPS) is 10.8. The molecule has 1 aromatic rings. The van der Waals surface area contributed by atoms with E-state index in [1.807, 2.05) is 4.72 Å². The first-order valence-corrected chi connectivity index (χ1v) is 6.06. The summed E-state index contributed by atoms with van der Waals surface area (Å²) in [5.41, 5.74) is 11.0. The van der Waals surface area contributed by atoms with E-state index >= 15 is 0 Å². The summed E-state index contributed by atoms with van der Waals surface area (Å²) in [4.78, 5) is 11.6. The Hall–Kier alpha value is -1.68. The maximum Gasteiger partial charge on any atom is 0.223 e. The van der Waals surface area contributed by atoms with Crippen molar-refractivity contribution in [3.05, 3.63) is 11.1 Å². The van der Waals surface area contributed by atoms with E-state index in [0.717, 1.165) is 6.34 Å². The number of nitrogens with one attached hydrogen (secondary N) is 1. The lowest BCUT2D eigenvalue weighted by atomic mass is 10.5. The van der Waals surface area contributed by atoms with Gasteiger partial charge in [-0.2, -0.15) is 4.99 Å². The van der Waals surface area contributed by atoms with Gasteiger partial charge in [0.05, 0.1) is 18.6 Å². The Morgan fingerprint density at radius 2 is 2.38 bits per heavy atom. The van der Waals surface area contributed by atoms with Crippen molar-refractivity contribution in [2.24, 2.45) is 21.5 Å². The lowest BCUT2D eigenvalue weighted by molar-refractivity contribution is 0.612. The number of hydrogen-bond donors (Lipinski definition) is 4. The maximum absolute atomic E-state index is 10.1. The molecule has 0 atom stereocenters. The molecule has 0 aromatic carbocycles. The van der Waals surface area contributed by atoms with Gasteiger partial charge in [-0.1, -0.05) is 0 Å². The predicted molar refractivity (Wildman–Crippen MR) is 63.2 cm³/mol. The van der Waals surface area contributed by atoms with E-state index in [2.05, 4.69) is 15.0 Å². The topological polar surface area (TPSA) is 136 Å². The summed E-state index contributed by atoms with van der Waals surface area (Å²) in [5.74, 6) is -0.0607. The van der Waals surface area contributed by atoms with Crippen molar-refractivity contribution in [3.63, 3.8) is 0 Å². The van der Waals surface area contributed by atoms with Crippen molar-refractivity contribution < 1.29 is 8.42 Å². The third kappa shape index (κ3) is 4.70. The maximum atomic E-state index is 10.1. The fourth-order valence-corrected chi connectivity index (χ4v) is 1.63. The minimum absolute atomic E-state index is 0.0607. The van der Waals surface area contributed by atoms with Crippen LogP contribution in [0.5, 0.6) is 0 Å². The van der Waals surface area contributed by atoms with Gasteiger partial charge in [-0.15, -0.1) is 11.3 Å². The van der Waals surface area contributed by atoms with Crippen molar-refractivity contribution >= 4 is 39.7 Å². The zero-order valence-corrected chi connectivity index (χ0v) is 9.74. The van der Waals surface area contributed by atoms with Gasteiger partial charge in [0.2, 0.25) is 16.0 Å². The molecule has 16 heavy (non-hydrogen) atoms. The number of rotatable bonds is 5. The van der Waals surface area contributed by atoms with Gasteiger partial charge in [0.1, 0.15) is 0 Å². The van der Waals surface area contributed by atoms with E-state index < -0.39 is 10.9 Å². The average Bonchev–Trinajstić information content (AvgIpc) is 2.59. The third-order valence-electron chi connectivity index (χ3n) is 1.27. The zero-order valence-electron chi connectivity index (χ0n) is 8.03. The molecule has 88 valence electrons. The predicted octanol–water partition coefficient (Wildman–Crippen LogP) is -1.31. The molecule has 5 N–H and O–H groups in total. The molecular formula is C6H10N6O2S2. The first-order valence-electron chi connectivity index (χ1n) is 4.01. The summed E-state index contributed by atoms with van der Waals surface area (Å²) in [6.45, 7) is 0.257. The van der Waals surface area contributed by atoms with E-state index in [9.17, 15) is 8.42 Å². The molecule has 0 saturated heterocycles. The second-order valence-electron chi connectivity index (χ2n) is 2.51. The quantitative estimate of drug-likeness (QED) is 0.297. The SMILES string of the molecule is NC(N)=Nc1nc(C/N=C/N[SH](=O)=O)cs1. The molecule has 0 aliphatic rings. The molecule has 0 fully saturated rings. The van der Waals surface area contributed by atoms with Crippen LogP contribution in [-0.4, -0.2) is 25.7 Å². The molecule has 0 bridgehead atoms. The first-order chi connectivity index (χ1) is 7.58. The van der Waals surface area contributed by atoms with E-state index in [4.69, 9.17) is 11.5 Å². The van der Waals surface area contributed by atoms with Crippen molar-refractivity contribution in [2.45, 2.75) is 6.54 Å². The van der Waals surface area contributed by atoms with Gasteiger partial charge in [-0.25, -0.2) is 13.4 Å². The molecule has 1 heterocycles. The van der Waals surface area contributed by atoms with Crippen molar-refractivity contribution in [2.75, 3.05) is 0 Å². The number of aromatic nitrogens is 1. The largest absolute Gasteiger partial charge is 0.370 e. The Balaban J connectivity index is 2.52. The Morgan fingerprint density at radius 1 is 1.62 bits per heavy atom. The Morgan fingerprint density at radius 3 is 3.00 bits per heavy atom. The van der Waals surface area contributed by atoms with Crippen LogP contribution in [0.3, 0.4) is 0 Å². The highest BCUT2D eigenvalue weighted by Gasteiger charge is 1.99. The van der Waals surface area contributed by atoms with Crippen LogP contribution >= 0.6 is 11.3 Å². The number of nitrogens with two attached hydrogens (primary N) is 2. The smallest absolute Gasteiger partial charge is 0.223 e. The summed E-state index contributed by atoms with van der Waals surface area (Å²) in [7, 11) is -2.66. The summed E-state index contributed by atoms with van der Waals surface area (Å²) in [6.07, 6.45) is 1.09. The molecule has 0 spiro atoms. The van der Waals surface area contributed by atoms with Crippen LogP contribution in [0.1, 0.15) is 5.69 Å². The molecule has 0 aliphatic carbocycles. The van der Waals surface area contributed by atoms with Gasteiger partial charge in [0.15, 0.2) is 5.96 Å². The lowest BCUT2D eigenvalue weighted by Gasteiger charge is -1.88. The zero-order chi connectivity index (χ0) is 12.0. The molecule has 0 aliphatic heterocycles. The minimum Gasteiger partial charge on any atom is -0.370 e. The fourth-order valence-electron chi connectivity index (χ4n) is 0.758. The first kappa shape index (κ1) is 12.4. The Labute approximate surface area is 97.2 Å². The molecule has 1 rings (SSSR count). The van der Waals surface area contributed by atoms with Crippen LogP contribution in [0.15, 0.2) is 15.4 Å². The number of thiol groups is 1. The highest BCUT2D eigenvalue weighted by Crippen LogP contribution is 2.18. The second kappa shape index (κ2) is 6.02. The molecule has 0 unspecified atom stereocenters. The number of hydrogen-bond acceptors (Lipinski definition) is 6. The summed E-state index contributed by atoms with van der Waals surface area (Å²) >= 11 is 1.27. The van der Waals surface area contributed by atoms with Crippen LogP contribution in [0.2, 0.25) is 0 Å². The van der Waals surface area contributed by atoms with Crippen LogP contribution < -0.4 is 16.2 Å². The van der Waals surface area contributed by atoms with Crippen LogP contribution in [0, 0.1) is 0 Å². The highest BCUT2D eigenvalue weighted by atomic mass is 32.2. The lowest BCUT2D eigenvalue weighted by Crippen LogP contribution is -2.21. The van der Waals surface area contributed by atoms with Gasteiger partial charge in [-0.3, -0.25) is 9.71 Å². The van der Waals surface area contributed by atoms with E-state index in [0.29, 0.717) is 10.8 Å². The van der Waals surface area contributed by atoms with Crippen molar-refractivity contribution in [1.29, 1.82) is 0 Å². The summed E-state index contributed by atoms with van der Waals surface area (Å²) < 4.78 is 22.2. The molecule has 1 aromatic heterocycles. The van der Waals surface area contributed by atoms with Crippen molar-refractivity contribution in [3.8, 4) is 0 Å². The van der Waals surface area contributed by atoms with Crippen molar-refractivity contribution in [1.82, 2.24) is 9.71 Å². The Kier molecular flexibility index (Phi) is 4.66. The van der Waals surface area contributed by atoms with E-state index in [1.54, 1.807) is 5.38 Å². The molecule has 0 saturated carbocycles. The highest BCUT2D eigenvalue weighted by molar-refractivity contribution is 7.70. The van der Waals surface area contributed by atoms with Gasteiger partial charge < -0.3 is 11.5 Å². The molecule has 0 radical (unpaired) electrons. The van der Waals surface area contributed by atoms with E-state index in [-0.39, 0.29) is 12.5 Å². The van der Waals surface area contributed by atoms with Gasteiger partial charge in [0.25, 0.3) is 0 Å². The van der Waals surface area contributed by atoms with Crippen LogP contribution in [0.25, 0.3) is 0 Å². The third-order valence-corrected chi connectivity index (χ3v) is 2.38. The number of nitrogens with zero attached hydrogens (tertiary/aromatic N) is 3. The van der Waals surface area contributed by atoms with E-state index in [1.165, 1.54) is 11.3 Å². The second-order valence-corrected chi connectivity index (χ2v) is 4.12. The monoisotopic (exact) mass is 262 g/mol. The minimum atomic E-state index is -2.66. The summed E-state index contributed by atoms with van der Waals surface area (Å²) in [6, 6.07) is 0. The molecular weight excluding hydrogens is 252 g/mol. The molecule has 8 nitrogen and oxygen atoms in total. The number of aliphatic imine (C=N–C) groups is 2. The van der Waals surface area contributed by atoms with Crippen LogP contribution in [0.4, 0.5) is 5.13 Å². The fraction of sp³-hybridized carbons (Fsp3) is 0.167. The number of thiazole rings is 1. The summed E-state index contributed by atoms with van der Waals surface area (Å²) in [5, 5.41) is 2.17. The molecule has 10 heteroatoms. The van der Waals surface area contributed by atoms with Gasteiger partial charge >= 0.3 is 0 Å².